The summed E-state index contributed by atoms with van der Waals surface area (Å²) in [6.45, 7) is 4.56. The van der Waals surface area contributed by atoms with Crippen molar-refractivity contribution in [3.05, 3.63) is 0 Å². The van der Waals surface area contributed by atoms with Crippen LogP contribution in [0.5, 0.6) is 0 Å². The average molecular weight is 416 g/mol. The normalized spacial score (nSPS) is 21.6. The number of aliphatic hydroxyl groups is 2. The number of carboxylic acid groups (broad SMARTS) is 1. The third-order valence-corrected chi connectivity index (χ3v) is 5.20. The Bertz CT molecular complexity index is 613. The Morgan fingerprint density at radius 3 is 2.28 bits per heavy atom. The molecule has 7 N–H and O–H groups in total. The molecule has 1 fully saturated rings. The standard InChI is InChI=1S/C18H32N4O7/c1-4-9(2)13(20-15(25)11(19)8-23)17(27)22-7-5-6-12(22)16(26)21-14(10(3)24)18(28)29/h9-14,23-24H,4-8,19H2,1-3H3,(H,20,25)(H,21,26)(H,28,29). The Labute approximate surface area is 169 Å². The van der Waals surface area contributed by atoms with Crippen molar-refractivity contribution in [3.8, 4) is 0 Å². The molecule has 6 unspecified atom stereocenters. The van der Waals surface area contributed by atoms with Gasteiger partial charge in [-0.2, -0.15) is 0 Å². The molecule has 1 aliphatic rings. The molecule has 0 aromatic rings. The molecule has 0 aromatic carbocycles. The lowest BCUT2D eigenvalue weighted by Gasteiger charge is -2.32. The number of hydrogen-bond acceptors (Lipinski definition) is 7. The molecule has 0 aliphatic carbocycles. The number of aliphatic carboxylic acids is 1. The van der Waals surface area contributed by atoms with Gasteiger partial charge in [0.05, 0.1) is 12.7 Å². The molecule has 1 saturated heterocycles. The maximum atomic E-state index is 13.1. The number of nitrogens with two attached hydrogens (primary N) is 1. The lowest BCUT2D eigenvalue weighted by Crippen LogP contribution is -2.59. The van der Waals surface area contributed by atoms with E-state index in [2.05, 4.69) is 10.6 Å². The minimum atomic E-state index is -1.49. The molecule has 3 amide bonds. The maximum absolute atomic E-state index is 13.1. The van der Waals surface area contributed by atoms with Crippen molar-refractivity contribution in [3.63, 3.8) is 0 Å². The van der Waals surface area contributed by atoms with Gasteiger partial charge in [0.15, 0.2) is 6.04 Å². The predicted molar refractivity (Wildman–Crippen MR) is 102 cm³/mol. The fraction of sp³-hybridized carbons (Fsp3) is 0.778. The number of hydrogen-bond donors (Lipinski definition) is 6. The van der Waals surface area contributed by atoms with E-state index in [-0.39, 0.29) is 12.5 Å². The van der Waals surface area contributed by atoms with Crippen molar-refractivity contribution in [1.82, 2.24) is 15.5 Å². The third-order valence-electron chi connectivity index (χ3n) is 5.20. The zero-order valence-corrected chi connectivity index (χ0v) is 17.0. The highest BCUT2D eigenvalue weighted by Crippen LogP contribution is 2.21. The van der Waals surface area contributed by atoms with E-state index in [0.717, 1.165) is 0 Å². The van der Waals surface area contributed by atoms with Crippen molar-refractivity contribution < 1.29 is 34.5 Å². The van der Waals surface area contributed by atoms with E-state index in [0.29, 0.717) is 19.3 Å². The van der Waals surface area contributed by atoms with E-state index in [9.17, 15) is 24.3 Å². The molecule has 0 radical (unpaired) electrons. The van der Waals surface area contributed by atoms with Crippen LogP contribution in [0.25, 0.3) is 0 Å². The Hall–Kier alpha value is -2.24. The van der Waals surface area contributed by atoms with Crippen molar-refractivity contribution in [1.29, 1.82) is 0 Å². The Morgan fingerprint density at radius 2 is 1.79 bits per heavy atom. The summed E-state index contributed by atoms with van der Waals surface area (Å²) in [6.07, 6.45) is 0.127. The van der Waals surface area contributed by atoms with E-state index in [1.807, 2.05) is 6.92 Å². The average Bonchev–Trinajstić information content (AvgIpc) is 3.17. The quantitative estimate of drug-likeness (QED) is 0.231. The minimum Gasteiger partial charge on any atom is -0.480 e. The van der Waals surface area contributed by atoms with Crippen LogP contribution >= 0.6 is 0 Å². The number of nitrogens with zero attached hydrogens (tertiary/aromatic N) is 1. The molecule has 1 aliphatic heterocycles. The number of amides is 3. The zero-order chi connectivity index (χ0) is 22.3. The first-order valence-electron chi connectivity index (χ1n) is 9.73. The van der Waals surface area contributed by atoms with Crippen LogP contribution in [-0.4, -0.2) is 87.3 Å². The first-order chi connectivity index (χ1) is 13.5. The predicted octanol–water partition coefficient (Wildman–Crippen LogP) is -2.22. The largest absolute Gasteiger partial charge is 0.480 e. The highest BCUT2D eigenvalue weighted by molar-refractivity contribution is 5.94. The topological polar surface area (TPSA) is 182 Å². The summed E-state index contributed by atoms with van der Waals surface area (Å²) in [5.41, 5.74) is 5.52. The molecule has 29 heavy (non-hydrogen) atoms. The van der Waals surface area contributed by atoms with Gasteiger partial charge in [0, 0.05) is 6.54 Å². The number of carbonyl (C=O) groups excluding carboxylic acids is 3. The fourth-order valence-corrected chi connectivity index (χ4v) is 3.15. The van der Waals surface area contributed by atoms with Gasteiger partial charge in [0.25, 0.3) is 0 Å². The third kappa shape index (κ3) is 6.38. The second-order valence-corrected chi connectivity index (χ2v) is 7.42. The number of rotatable bonds is 10. The first kappa shape index (κ1) is 24.8. The van der Waals surface area contributed by atoms with Crippen LogP contribution in [0.1, 0.15) is 40.0 Å². The van der Waals surface area contributed by atoms with Crippen molar-refractivity contribution in [2.45, 2.75) is 70.3 Å². The van der Waals surface area contributed by atoms with Crippen LogP contribution in [0.15, 0.2) is 0 Å². The van der Waals surface area contributed by atoms with Crippen LogP contribution in [0.3, 0.4) is 0 Å². The first-order valence-corrected chi connectivity index (χ1v) is 9.73. The number of carbonyl (C=O) groups is 4. The van der Waals surface area contributed by atoms with Gasteiger partial charge in [0.2, 0.25) is 17.7 Å². The molecule has 166 valence electrons. The Morgan fingerprint density at radius 1 is 1.17 bits per heavy atom. The molecule has 6 atom stereocenters. The summed E-state index contributed by atoms with van der Waals surface area (Å²) in [5.74, 6) is -3.46. The van der Waals surface area contributed by atoms with Gasteiger partial charge in [-0.15, -0.1) is 0 Å². The molecule has 1 heterocycles. The summed E-state index contributed by atoms with van der Waals surface area (Å²) in [5, 5.41) is 32.6. The van der Waals surface area contributed by atoms with E-state index in [4.69, 9.17) is 15.9 Å². The molecule has 0 spiro atoms. The molecule has 1 rings (SSSR count). The van der Waals surface area contributed by atoms with E-state index in [1.165, 1.54) is 11.8 Å². The molecular weight excluding hydrogens is 384 g/mol. The van der Waals surface area contributed by atoms with Crippen LogP contribution in [0, 0.1) is 5.92 Å². The highest BCUT2D eigenvalue weighted by Gasteiger charge is 2.40. The summed E-state index contributed by atoms with van der Waals surface area (Å²) in [4.78, 5) is 50.4. The van der Waals surface area contributed by atoms with Crippen molar-refractivity contribution in [2.75, 3.05) is 13.2 Å². The number of aliphatic hydroxyl groups excluding tert-OH is 2. The van der Waals surface area contributed by atoms with E-state index < -0.39 is 60.6 Å². The summed E-state index contributed by atoms with van der Waals surface area (Å²) in [7, 11) is 0. The molecule has 11 heteroatoms. The van der Waals surface area contributed by atoms with Gasteiger partial charge < -0.3 is 36.6 Å². The summed E-state index contributed by atoms with van der Waals surface area (Å²) < 4.78 is 0. The lowest BCUT2D eigenvalue weighted by molar-refractivity contribution is -0.147. The second kappa shape index (κ2) is 11.1. The summed E-state index contributed by atoms with van der Waals surface area (Å²) in [6, 6.07) is -4.51. The van der Waals surface area contributed by atoms with Gasteiger partial charge in [-0.3, -0.25) is 14.4 Å². The smallest absolute Gasteiger partial charge is 0.328 e. The number of nitrogens with one attached hydrogen (secondary N) is 2. The monoisotopic (exact) mass is 416 g/mol. The second-order valence-electron chi connectivity index (χ2n) is 7.42. The molecule has 11 nitrogen and oxygen atoms in total. The van der Waals surface area contributed by atoms with Crippen LogP contribution in [-0.2, 0) is 19.2 Å². The molecule has 0 aromatic heterocycles. The SMILES string of the molecule is CCC(C)C(NC(=O)C(N)CO)C(=O)N1CCCC1C(=O)NC(C(=O)O)C(C)O. The van der Waals surface area contributed by atoms with E-state index in [1.54, 1.807) is 6.92 Å². The summed E-state index contributed by atoms with van der Waals surface area (Å²) >= 11 is 0. The number of carboxylic acids is 1. The fourth-order valence-electron chi connectivity index (χ4n) is 3.15. The van der Waals surface area contributed by atoms with Gasteiger partial charge in [-0.1, -0.05) is 20.3 Å². The molecular formula is C18H32N4O7. The minimum absolute atomic E-state index is 0.258. The maximum Gasteiger partial charge on any atom is 0.328 e. The highest BCUT2D eigenvalue weighted by atomic mass is 16.4. The Balaban J connectivity index is 2.98. The van der Waals surface area contributed by atoms with Crippen LogP contribution in [0.2, 0.25) is 0 Å². The van der Waals surface area contributed by atoms with E-state index >= 15 is 0 Å². The zero-order valence-electron chi connectivity index (χ0n) is 17.0. The van der Waals surface area contributed by atoms with Gasteiger partial charge in [-0.25, -0.2) is 4.79 Å². The van der Waals surface area contributed by atoms with Gasteiger partial charge >= 0.3 is 5.97 Å². The Kier molecular flexibility index (Phi) is 9.47. The van der Waals surface area contributed by atoms with Crippen LogP contribution < -0.4 is 16.4 Å². The van der Waals surface area contributed by atoms with Crippen LogP contribution in [0.4, 0.5) is 0 Å². The van der Waals surface area contributed by atoms with Gasteiger partial charge in [-0.05, 0) is 25.7 Å². The van der Waals surface area contributed by atoms with Crippen molar-refractivity contribution >= 4 is 23.7 Å². The molecule has 0 saturated carbocycles. The lowest BCUT2D eigenvalue weighted by atomic mass is 9.97. The number of likely N-dealkylation sites (tertiary alicyclic amines) is 1. The van der Waals surface area contributed by atoms with Crippen molar-refractivity contribution in [2.24, 2.45) is 11.7 Å². The van der Waals surface area contributed by atoms with Gasteiger partial charge in [0.1, 0.15) is 18.1 Å². The molecule has 0 bridgehead atoms.